The summed E-state index contributed by atoms with van der Waals surface area (Å²) in [6, 6.07) is 7.61. The Balaban J connectivity index is 1.59. The SMILES string of the molecule is CN=C(NCc1cccc(NC(C)=O)c1)N1CCN(c2cnn(C)c2)C(=O)C1. The maximum atomic E-state index is 12.6. The Morgan fingerprint density at radius 1 is 1.32 bits per heavy atom. The van der Waals surface area contributed by atoms with E-state index in [1.54, 1.807) is 22.8 Å². The molecule has 2 amide bonds. The predicted molar refractivity (Wildman–Crippen MR) is 108 cm³/mol. The topological polar surface area (TPSA) is 94.9 Å². The third-order valence-corrected chi connectivity index (χ3v) is 4.43. The van der Waals surface area contributed by atoms with E-state index in [1.165, 1.54) is 6.92 Å². The lowest BCUT2D eigenvalue weighted by Gasteiger charge is -2.35. The van der Waals surface area contributed by atoms with E-state index in [1.807, 2.05) is 42.4 Å². The summed E-state index contributed by atoms with van der Waals surface area (Å²) >= 11 is 0. The fourth-order valence-electron chi connectivity index (χ4n) is 3.15. The van der Waals surface area contributed by atoms with E-state index in [0.717, 1.165) is 16.9 Å². The van der Waals surface area contributed by atoms with Crippen molar-refractivity contribution in [2.75, 3.05) is 36.9 Å². The Labute approximate surface area is 164 Å². The highest BCUT2D eigenvalue weighted by Gasteiger charge is 2.27. The smallest absolute Gasteiger partial charge is 0.246 e. The van der Waals surface area contributed by atoms with Crippen molar-refractivity contribution < 1.29 is 9.59 Å². The molecule has 1 aromatic heterocycles. The van der Waals surface area contributed by atoms with E-state index >= 15 is 0 Å². The zero-order valence-corrected chi connectivity index (χ0v) is 16.3. The highest BCUT2D eigenvalue weighted by atomic mass is 16.2. The molecule has 1 aliphatic heterocycles. The highest BCUT2D eigenvalue weighted by Crippen LogP contribution is 2.16. The molecule has 0 atom stereocenters. The minimum atomic E-state index is -0.106. The maximum absolute atomic E-state index is 12.6. The summed E-state index contributed by atoms with van der Waals surface area (Å²) in [6.07, 6.45) is 3.53. The first-order valence-corrected chi connectivity index (χ1v) is 9.07. The molecule has 0 spiro atoms. The van der Waals surface area contributed by atoms with Gasteiger partial charge in [0.05, 0.1) is 11.9 Å². The van der Waals surface area contributed by atoms with Crippen LogP contribution in [0, 0.1) is 0 Å². The molecule has 1 aliphatic rings. The van der Waals surface area contributed by atoms with Crippen molar-refractivity contribution in [3.63, 3.8) is 0 Å². The lowest BCUT2D eigenvalue weighted by atomic mass is 10.2. The molecule has 0 bridgehead atoms. The first-order valence-electron chi connectivity index (χ1n) is 9.07. The summed E-state index contributed by atoms with van der Waals surface area (Å²) in [6.45, 7) is 3.52. The second-order valence-corrected chi connectivity index (χ2v) is 6.62. The van der Waals surface area contributed by atoms with Crippen LogP contribution in [-0.2, 0) is 23.2 Å². The molecule has 2 heterocycles. The number of amides is 2. The van der Waals surface area contributed by atoms with E-state index in [-0.39, 0.29) is 18.4 Å². The van der Waals surface area contributed by atoms with Gasteiger partial charge < -0.3 is 20.4 Å². The third-order valence-electron chi connectivity index (χ3n) is 4.43. The summed E-state index contributed by atoms with van der Waals surface area (Å²) in [7, 11) is 3.53. The average molecular weight is 383 g/mol. The monoisotopic (exact) mass is 383 g/mol. The van der Waals surface area contributed by atoms with Gasteiger partial charge in [-0.3, -0.25) is 19.3 Å². The number of piperazine rings is 1. The van der Waals surface area contributed by atoms with Gasteiger partial charge in [-0.25, -0.2) is 0 Å². The van der Waals surface area contributed by atoms with Gasteiger partial charge in [0.1, 0.15) is 6.54 Å². The van der Waals surface area contributed by atoms with Crippen LogP contribution in [0.2, 0.25) is 0 Å². The fraction of sp³-hybridized carbons (Fsp3) is 0.368. The van der Waals surface area contributed by atoms with E-state index in [2.05, 4.69) is 20.7 Å². The number of aromatic nitrogens is 2. The molecule has 148 valence electrons. The van der Waals surface area contributed by atoms with Gasteiger partial charge in [-0.05, 0) is 17.7 Å². The zero-order valence-electron chi connectivity index (χ0n) is 16.3. The molecule has 1 fully saturated rings. The lowest BCUT2D eigenvalue weighted by Crippen LogP contribution is -2.55. The van der Waals surface area contributed by atoms with Gasteiger partial charge in [0.25, 0.3) is 0 Å². The first kappa shape index (κ1) is 19.4. The van der Waals surface area contributed by atoms with Crippen molar-refractivity contribution in [2.24, 2.45) is 12.0 Å². The number of carbonyl (C=O) groups excluding carboxylic acids is 2. The molecule has 0 unspecified atom stereocenters. The minimum Gasteiger partial charge on any atom is -0.352 e. The standard InChI is InChI=1S/C19H25N7O2/c1-14(27)23-16-6-4-5-15(9-16)10-21-19(20-2)25-7-8-26(18(28)13-25)17-11-22-24(3)12-17/h4-6,9,11-12H,7-8,10,13H2,1-3H3,(H,20,21)(H,23,27). The van der Waals surface area contributed by atoms with Crippen molar-refractivity contribution in [1.82, 2.24) is 20.0 Å². The van der Waals surface area contributed by atoms with Crippen molar-refractivity contribution >= 4 is 29.1 Å². The highest BCUT2D eigenvalue weighted by molar-refractivity contribution is 5.98. The normalized spacial score (nSPS) is 15.0. The number of benzene rings is 1. The van der Waals surface area contributed by atoms with Crippen molar-refractivity contribution in [2.45, 2.75) is 13.5 Å². The molecule has 1 saturated heterocycles. The Morgan fingerprint density at radius 3 is 2.79 bits per heavy atom. The molecule has 1 aromatic carbocycles. The van der Waals surface area contributed by atoms with Crippen molar-refractivity contribution in [1.29, 1.82) is 0 Å². The molecule has 9 heteroatoms. The minimum absolute atomic E-state index is 0.00913. The fourth-order valence-corrected chi connectivity index (χ4v) is 3.15. The molecular weight excluding hydrogens is 358 g/mol. The van der Waals surface area contributed by atoms with Crippen molar-refractivity contribution in [3.05, 3.63) is 42.2 Å². The number of nitrogens with one attached hydrogen (secondary N) is 2. The summed E-state index contributed by atoms with van der Waals surface area (Å²) in [4.78, 5) is 31.8. The van der Waals surface area contributed by atoms with Gasteiger partial charge in [-0.15, -0.1) is 0 Å². The van der Waals surface area contributed by atoms with Gasteiger partial charge in [-0.2, -0.15) is 5.10 Å². The van der Waals surface area contributed by atoms with Gasteiger partial charge in [0, 0.05) is 52.5 Å². The molecule has 2 N–H and O–H groups in total. The number of guanidine groups is 1. The van der Waals surface area contributed by atoms with Crippen molar-refractivity contribution in [3.8, 4) is 0 Å². The summed E-state index contributed by atoms with van der Waals surface area (Å²) in [5.74, 6) is 0.574. The largest absolute Gasteiger partial charge is 0.352 e. The molecule has 2 aromatic rings. The molecule has 28 heavy (non-hydrogen) atoms. The van der Waals surface area contributed by atoms with Crippen LogP contribution in [0.3, 0.4) is 0 Å². The van der Waals surface area contributed by atoms with Crippen LogP contribution in [-0.4, -0.2) is 59.1 Å². The number of carbonyl (C=O) groups is 2. The van der Waals surface area contributed by atoms with Crippen LogP contribution < -0.4 is 15.5 Å². The molecular formula is C19H25N7O2. The summed E-state index contributed by atoms with van der Waals surface area (Å²) in [5.41, 5.74) is 2.57. The van der Waals surface area contributed by atoms with Crippen LogP contribution in [0.4, 0.5) is 11.4 Å². The number of aryl methyl sites for hydroxylation is 1. The van der Waals surface area contributed by atoms with Gasteiger partial charge in [0.2, 0.25) is 11.8 Å². The first-order chi connectivity index (χ1) is 13.5. The van der Waals surface area contributed by atoms with Gasteiger partial charge >= 0.3 is 0 Å². The number of anilines is 2. The second-order valence-electron chi connectivity index (χ2n) is 6.62. The predicted octanol–water partition coefficient (Wildman–Crippen LogP) is 0.803. The van der Waals surface area contributed by atoms with E-state index < -0.39 is 0 Å². The summed E-state index contributed by atoms with van der Waals surface area (Å²) in [5, 5.41) is 10.2. The third kappa shape index (κ3) is 4.67. The molecule has 0 aliphatic carbocycles. The van der Waals surface area contributed by atoms with E-state index in [4.69, 9.17) is 0 Å². The van der Waals surface area contributed by atoms with E-state index in [9.17, 15) is 9.59 Å². The molecule has 0 saturated carbocycles. The van der Waals surface area contributed by atoms with Crippen LogP contribution in [0.1, 0.15) is 12.5 Å². The Kier molecular flexibility index (Phi) is 5.93. The molecule has 3 rings (SSSR count). The second kappa shape index (κ2) is 8.55. The molecule has 9 nitrogen and oxygen atoms in total. The van der Waals surface area contributed by atoms with Crippen LogP contribution in [0.25, 0.3) is 0 Å². The van der Waals surface area contributed by atoms with Crippen LogP contribution >= 0.6 is 0 Å². The summed E-state index contributed by atoms with van der Waals surface area (Å²) < 4.78 is 1.69. The van der Waals surface area contributed by atoms with Crippen LogP contribution in [0.15, 0.2) is 41.7 Å². The lowest BCUT2D eigenvalue weighted by molar-refractivity contribution is -0.120. The number of aliphatic imine (C=N–C) groups is 1. The van der Waals surface area contributed by atoms with E-state index in [0.29, 0.717) is 25.6 Å². The van der Waals surface area contributed by atoms with Gasteiger partial charge in [0.15, 0.2) is 5.96 Å². The quantitative estimate of drug-likeness (QED) is 0.602. The van der Waals surface area contributed by atoms with Gasteiger partial charge in [-0.1, -0.05) is 12.1 Å². The average Bonchev–Trinajstić information content (AvgIpc) is 3.08. The Bertz CT molecular complexity index is 890. The Morgan fingerprint density at radius 2 is 2.14 bits per heavy atom. The molecule has 0 radical (unpaired) electrons. The Hall–Kier alpha value is -3.36. The maximum Gasteiger partial charge on any atom is 0.246 e. The number of hydrogen-bond donors (Lipinski definition) is 2. The number of nitrogens with zero attached hydrogens (tertiary/aromatic N) is 5. The number of rotatable bonds is 4. The zero-order chi connectivity index (χ0) is 20.1. The number of hydrogen-bond acceptors (Lipinski definition) is 4. The van der Waals surface area contributed by atoms with Crippen LogP contribution in [0.5, 0.6) is 0 Å².